The first-order valence-electron chi connectivity index (χ1n) is 6.85. The number of fused-ring (bicyclic) bond motifs is 1. The van der Waals surface area contributed by atoms with Crippen molar-refractivity contribution in [3.63, 3.8) is 0 Å². The van der Waals surface area contributed by atoms with Gasteiger partial charge in [-0.3, -0.25) is 4.79 Å². The second kappa shape index (κ2) is 4.49. The largest absolute Gasteiger partial charge is 0.453 e. The third kappa shape index (κ3) is 2.08. The zero-order valence-electron chi connectivity index (χ0n) is 11.5. The lowest BCUT2D eigenvalue weighted by atomic mass is 9.76. The van der Waals surface area contributed by atoms with Crippen LogP contribution in [0.3, 0.4) is 0 Å². The van der Waals surface area contributed by atoms with Crippen LogP contribution in [0.25, 0.3) is 11.0 Å². The molecule has 3 rings (SSSR count). The van der Waals surface area contributed by atoms with Crippen LogP contribution in [0.15, 0.2) is 28.7 Å². The quantitative estimate of drug-likeness (QED) is 0.839. The lowest BCUT2D eigenvalue weighted by Gasteiger charge is -2.31. The van der Waals surface area contributed by atoms with E-state index in [-0.39, 0.29) is 11.2 Å². The molecule has 0 unspecified atom stereocenters. The van der Waals surface area contributed by atoms with Gasteiger partial charge in [-0.05, 0) is 44.5 Å². The normalized spacial score (nSPS) is 18.6. The molecule has 0 spiro atoms. The van der Waals surface area contributed by atoms with Crippen LogP contribution >= 0.6 is 0 Å². The van der Waals surface area contributed by atoms with E-state index in [2.05, 4.69) is 12.2 Å². The van der Waals surface area contributed by atoms with Crippen LogP contribution in [0, 0.1) is 12.3 Å². The third-order valence-electron chi connectivity index (χ3n) is 4.22. The number of Topliss-reactive ketones (excluding diaryl/α,β-unsaturated/α-hetero) is 1. The van der Waals surface area contributed by atoms with Crippen LogP contribution in [-0.4, -0.2) is 18.9 Å². The molecule has 0 bridgehead atoms. The van der Waals surface area contributed by atoms with Crippen molar-refractivity contribution in [3.05, 3.63) is 35.6 Å². The lowest BCUT2D eigenvalue weighted by Crippen LogP contribution is -2.39. The summed E-state index contributed by atoms with van der Waals surface area (Å²) in [4.78, 5) is 12.7. The monoisotopic (exact) mass is 257 g/mol. The molecular weight excluding hydrogens is 238 g/mol. The summed E-state index contributed by atoms with van der Waals surface area (Å²) in [6.07, 6.45) is 1.75. The Kier molecular flexibility index (Phi) is 2.94. The predicted octanol–water partition coefficient (Wildman–Crippen LogP) is 3.31. The average molecular weight is 257 g/mol. The number of hydrogen-bond donors (Lipinski definition) is 1. The Balaban J connectivity index is 1.99. The van der Waals surface area contributed by atoms with E-state index < -0.39 is 0 Å². The average Bonchev–Trinajstić information content (AvgIpc) is 2.84. The number of rotatable bonds is 2. The Labute approximate surface area is 113 Å². The van der Waals surface area contributed by atoms with Crippen LogP contribution in [0.4, 0.5) is 0 Å². The van der Waals surface area contributed by atoms with E-state index in [1.165, 1.54) is 0 Å². The van der Waals surface area contributed by atoms with Crippen molar-refractivity contribution < 1.29 is 9.21 Å². The second-order valence-electron chi connectivity index (χ2n) is 5.74. The van der Waals surface area contributed by atoms with E-state index in [1.807, 2.05) is 31.2 Å². The topological polar surface area (TPSA) is 42.2 Å². The van der Waals surface area contributed by atoms with Crippen molar-refractivity contribution in [2.75, 3.05) is 13.1 Å². The highest BCUT2D eigenvalue weighted by molar-refractivity contribution is 6.01. The molecule has 1 N–H and O–H groups in total. The molecule has 0 saturated carbocycles. The molecule has 100 valence electrons. The number of para-hydroxylation sites is 1. The van der Waals surface area contributed by atoms with Crippen molar-refractivity contribution >= 4 is 16.8 Å². The Morgan fingerprint density at radius 2 is 2.05 bits per heavy atom. The minimum Gasteiger partial charge on any atom is -0.453 e. The maximum absolute atomic E-state index is 12.7. The van der Waals surface area contributed by atoms with Crippen LogP contribution in [0.1, 0.15) is 35.9 Å². The van der Waals surface area contributed by atoms with Crippen LogP contribution < -0.4 is 5.32 Å². The summed E-state index contributed by atoms with van der Waals surface area (Å²) in [6, 6.07) is 7.88. The predicted molar refractivity (Wildman–Crippen MR) is 75.5 cm³/mol. The van der Waals surface area contributed by atoms with Crippen LogP contribution in [0.2, 0.25) is 0 Å². The summed E-state index contributed by atoms with van der Waals surface area (Å²) in [7, 11) is 0. The van der Waals surface area contributed by atoms with Crippen LogP contribution in [-0.2, 0) is 0 Å². The zero-order valence-corrected chi connectivity index (χ0v) is 11.5. The van der Waals surface area contributed by atoms with Gasteiger partial charge in [0, 0.05) is 10.8 Å². The fraction of sp³-hybridized carbons (Fsp3) is 0.438. The summed E-state index contributed by atoms with van der Waals surface area (Å²) in [5, 5.41) is 4.31. The highest BCUT2D eigenvalue weighted by Gasteiger charge is 2.36. The summed E-state index contributed by atoms with van der Waals surface area (Å²) >= 11 is 0. The van der Waals surface area contributed by atoms with Gasteiger partial charge in [0.15, 0.2) is 5.76 Å². The standard InChI is InChI=1S/C16H19NO2/c1-11-4-3-5-12-10-13(19-14(11)12)15(18)16(2)6-8-17-9-7-16/h3-5,10,17H,6-9H2,1-2H3. The van der Waals surface area contributed by atoms with E-state index in [9.17, 15) is 4.79 Å². The van der Waals surface area contributed by atoms with Gasteiger partial charge in [-0.1, -0.05) is 25.1 Å². The van der Waals surface area contributed by atoms with Crippen molar-refractivity contribution in [3.8, 4) is 0 Å². The van der Waals surface area contributed by atoms with E-state index in [4.69, 9.17) is 4.42 Å². The number of carbonyl (C=O) groups is 1. The first-order chi connectivity index (χ1) is 9.10. The Morgan fingerprint density at radius 3 is 2.74 bits per heavy atom. The molecule has 0 aliphatic carbocycles. The van der Waals surface area contributed by atoms with Crippen molar-refractivity contribution in [1.82, 2.24) is 5.32 Å². The van der Waals surface area contributed by atoms with Gasteiger partial charge in [-0.25, -0.2) is 0 Å². The second-order valence-corrected chi connectivity index (χ2v) is 5.74. The zero-order chi connectivity index (χ0) is 13.5. The summed E-state index contributed by atoms with van der Waals surface area (Å²) in [5.41, 5.74) is 1.63. The van der Waals surface area contributed by atoms with Gasteiger partial charge in [0.2, 0.25) is 5.78 Å². The van der Waals surface area contributed by atoms with Gasteiger partial charge in [0.1, 0.15) is 5.58 Å². The molecule has 1 fully saturated rings. The van der Waals surface area contributed by atoms with E-state index in [1.54, 1.807) is 0 Å². The minimum atomic E-state index is -0.285. The molecule has 1 aliphatic rings. The van der Waals surface area contributed by atoms with E-state index in [0.29, 0.717) is 5.76 Å². The third-order valence-corrected chi connectivity index (χ3v) is 4.22. The van der Waals surface area contributed by atoms with Crippen molar-refractivity contribution in [1.29, 1.82) is 0 Å². The number of benzene rings is 1. The van der Waals surface area contributed by atoms with E-state index in [0.717, 1.165) is 42.5 Å². The smallest absolute Gasteiger partial charge is 0.203 e. The molecule has 0 amide bonds. The maximum atomic E-state index is 12.7. The molecule has 3 heteroatoms. The van der Waals surface area contributed by atoms with Gasteiger partial charge >= 0.3 is 0 Å². The highest BCUT2D eigenvalue weighted by Crippen LogP contribution is 2.34. The van der Waals surface area contributed by atoms with Gasteiger partial charge < -0.3 is 9.73 Å². The first-order valence-corrected chi connectivity index (χ1v) is 6.85. The SMILES string of the molecule is Cc1cccc2cc(C(=O)C3(C)CCNCC3)oc12. The Hall–Kier alpha value is -1.61. The molecule has 19 heavy (non-hydrogen) atoms. The number of ketones is 1. The Bertz CT molecular complexity index is 621. The molecule has 3 nitrogen and oxygen atoms in total. The summed E-state index contributed by atoms with van der Waals surface area (Å²) in [6.45, 7) is 5.87. The number of aryl methyl sites for hydroxylation is 1. The molecule has 1 aromatic carbocycles. The molecule has 1 aliphatic heterocycles. The van der Waals surface area contributed by atoms with E-state index >= 15 is 0 Å². The summed E-state index contributed by atoms with van der Waals surface area (Å²) in [5.74, 6) is 0.651. The highest BCUT2D eigenvalue weighted by atomic mass is 16.3. The number of carbonyl (C=O) groups excluding carboxylic acids is 1. The fourth-order valence-electron chi connectivity index (χ4n) is 2.82. The van der Waals surface area contributed by atoms with Gasteiger partial charge in [0.05, 0.1) is 0 Å². The first kappa shape index (κ1) is 12.4. The molecule has 0 radical (unpaired) electrons. The molecule has 1 aromatic heterocycles. The number of hydrogen-bond acceptors (Lipinski definition) is 3. The molecule has 0 atom stereocenters. The van der Waals surface area contributed by atoms with Crippen molar-refractivity contribution in [2.24, 2.45) is 5.41 Å². The number of piperidine rings is 1. The van der Waals surface area contributed by atoms with Crippen LogP contribution in [0.5, 0.6) is 0 Å². The van der Waals surface area contributed by atoms with Gasteiger partial charge in [-0.15, -0.1) is 0 Å². The Morgan fingerprint density at radius 1 is 1.32 bits per heavy atom. The molecule has 2 aromatic rings. The number of nitrogens with one attached hydrogen (secondary N) is 1. The molecular formula is C16H19NO2. The number of furan rings is 1. The maximum Gasteiger partial charge on any atom is 0.203 e. The minimum absolute atomic E-state index is 0.143. The van der Waals surface area contributed by atoms with Crippen molar-refractivity contribution in [2.45, 2.75) is 26.7 Å². The van der Waals surface area contributed by atoms with Gasteiger partial charge in [0.25, 0.3) is 0 Å². The molecule has 2 heterocycles. The molecule has 1 saturated heterocycles. The summed E-state index contributed by atoms with van der Waals surface area (Å²) < 4.78 is 5.81. The lowest BCUT2D eigenvalue weighted by molar-refractivity contribution is 0.0734. The fourth-order valence-corrected chi connectivity index (χ4v) is 2.82. The van der Waals surface area contributed by atoms with Gasteiger partial charge in [-0.2, -0.15) is 0 Å².